The van der Waals surface area contributed by atoms with Crippen LogP contribution < -0.4 is 0 Å². The molecular weight excluding hydrogens is 285 g/mol. The molecule has 2 atom stereocenters. The summed E-state index contributed by atoms with van der Waals surface area (Å²) in [5.74, 6) is 0. The van der Waals surface area contributed by atoms with Crippen molar-refractivity contribution >= 4 is 0 Å². The summed E-state index contributed by atoms with van der Waals surface area (Å²) in [5.41, 5.74) is 1.29. The van der Waals surface area contributed by atoms with Gasteiger partial charge in [0.15, 0.2) is 0 Å². The van der Waals surface area contributed by atoms with Crippen molar-refractivity contribution in [2.45, 2.75) is 37.9 Å². The van der Waals surface area contributed by atoms with E-state index in [4.69, 9.17) is 9.47 Å². The lowest BCUT2D eigenvalue weighted by atomic mass is 9.98. The zero-order chi connectivity index (χ0) is 15.5. The molecule has 0 N–H and O–H groups in total. The Morgan fingerprint density at radius 1 is 1.38 bits per heavy atom. The Hall–Kier alpha value is -0.630. The van der Waals surface area contributed by atoms with Crippen LogP contribution in [0.25, 0.3) is 0 Å². The SMILES string of the molecule is COC(OCC(F)(F)F)N1CCC[C@H]1C1=CCN(C)CC1. The number of nitrogens with zero attached hydrogens (tertiary/aromatic N) is 2. The van der Waals surface area contributed by atoms with E-state index < -0.39 is 19.2 Å². The molecule has 1 fully saturated rings. The van der Waals surface area contributed by atoms with Gasteiger partial charge >= 0.3 is 6.18 Å². The molecule has 2 rings (SSSR count). The Morgan fingerprint density at radius 2 is 2.14 bits per heavy atom. The second kappa shape index (κ2) is 7.09. The Labute approximate surface area is 123 Å². The highest BCUT2D eigenvalue weighted by atomic mass is 19.4. The average Bonchev–Trinajstić information content (AvgIpc) is 2.88. The van der Waals surface area contributed by atoms with Gasteiger partial charge < -0.3 is 14.4 Å². The van der Waals surface area contributed by atoms with Crippen LogP contribution in [0.3, 0.4) is 0 Å². The highest BCUT2D eigenvalue weighted by molar-refractivity contribution is 5.16. The van der Waals surface area contributed by atoms with E-state index in [2.05, 4.69) is 18.0 Å². The molecule has 0 aliphatic carbocycles. The van der Waals surface area contributed by atoms with E-state index in [1.54, 1.807) is 0 Å². The molecule has 0 bridgehead atoms. The summed E-state index contributed by atoms with van der Waals surface area (Å²) in [4.78, 5) is 4.12. The summed E-state index contributed by atoms with van der Waals surface area (Å²) in [6.07, 6.45) is -0.229. The summed E-state index contributed by atoms with van der Waals surface area (Å²) in [6, 6.07) is 0.136. The van der Waals surface area contributed by atoms with Gasteiger partial charge in [-0.3, -0.25) is 0 Å². The molecule has 1 saturated heterocycles. The molecule has 0 radical (unpaired) electrons. The summed E-state index contributed by atoms with van der Waals surface area (Å²) < 4.78 is 47.0. The van der Waals surface area contributed by atoms with Crippen molar-refractivity contribution < 1.29 is 22.6 Å². The van der Waals surface area contributed by atoms with Crippen molar-refractivity contribution in [1.82, 2.24) is 9.80 Å². The predicted molar refractivity (Wildman–Crippen MR) is 72.7 cm³/mol. The first-order valence-electron chi connectivity index (χ1n) is 7.25. The van der Waals surface area contributed by atoms with Gasteiger partial charge in [-0.2, -0.15) is 13.2 Å². The number of likely N-dealkylation sites (N-methyl/N-ethyl adjacent to an activating group) is 1. The van der Waals surface area contributed by atoms with Crippen molar-refractivity contribution in [3.8, 4) is 0 Å². The molecule has 0 aromatic heterocycles. The van der Waals surface area contributed by atoms with Gasteiger partial charge in [0.1, 0.15) is 6.61 Å². The Kier molecular flexibility index (Phi) is 5.65. The van der Waals surface area contributed by atoms with Gasteiger partial charge in [0.25, 0.3) is 0 Å². The number of methoxy groups -OCH3 is 1. The van der Waals surface area contributed by atoms with Crippen molar-refractivity contribution in [2.75, 3.05) is 40.4 Å². The maximum atomic E-state index is 12.3. The minimum Gasteiger partial charge on any atom is -0.343 e. The molecule has 2 heterocycles. The van der Waals surface area contributed by atoms with E-state index in [0.717, 1.165) is 32.4 Å². The summed E-state index contributed by atoms with van der Waals surface area (Å²) in [7, 11) is 3.45. The predicted octanol–water partition coefficient (Wildman–Crippen LogP) is 2.22. The van der Waals surface area contributed by atoms with E-state index in [1.807, 2.05) is 4.90 Å². The lowest BCUT2D eigenvalue weighted by Gasteiger charge is -2.35. The molecule has 4 nitrogen and oxygen atoms in total. The maximum absolute atomic E-state index is 12.3. The summed E-state index contributed by atoms with van der Waals surface area (Å²) in [5, 5.41) is 0. The number of hydrogen-bond donors (Lipinski definition) is 0. The zero-order valence-corrected chi connectivity index (χ0v) is 12.5. The van der Waals surface area contributed by atoms with Gasteiger partial charge in [-0.1, -0.05) is 11.6 Å². The average molecular weight is 308 g/mol. The highest BCUT2D eigenvalue weighted by Gasteiger charge is 2.37. The molecule has 0 aromatic carbocycles. The number of alkyl halides is 3. The summed E-state index contributed by atoms with van der Waals surface area (Å²) >= 11 is 0. The standard InChI is InChI=1S/C14H23F3N2O2/c1-18-8-5-11(6-9-18)12-4-3-7-19(12)13(20-2)21-10-14(15,16)17/h5,12-13H,3-4,6-10H2,1-2H3/t12-,13?/m0/s1. The number of rotatable bonds is 5. The molecule has 0 amide bonds. The minimum absolute atomic E-state index is 0.136. The van der Waals surface area contributed by atoms with Crippen LogP contribution in [-0.4, -0.2) is 68.8 Å². The maximum Gasteiger partial charge on any atom is 0.411 e. The third-order valence-electron chi connectivity index (χ3n) is 4.03. The third kappa shape index (κ3) is 4.67. The monoisotopic (exact) mass is 308 g/mol. The van der Waals surface area contributed by atoms with Crippen LogP contribution in [0.1, 0.15) is 19.3 Å². The first kappa shape index (κ1) is 16.7. The third-order valence-corrected chi connectivity index (χ3v) is 4.03. The van der Waals surface area contributed by atoms with Crippen molar-refractivity contribution in [3.63, 3.8) is 0 Å². The molecule has 0 saturated carbocycles. The highest BCUT2D eigenvalue weighted by Crippen LogP contribution is 2.30. The van der Waals surface area contributed by atoms with Gasteiger partial charge in [0.2, 0.25) is 6.41 Å². The second-order valence-electron chi connectivity index (χ2n) is 5.66. The fourth-order valence-electron chi connectivity index (χ4n) is 2.99. The zero-order valence-electron chi connectivity index (χ0n) is 12.5. The Morgan fingerprint density at radius 3 is 2.71 bits per heavy atom. The van der Waals surface area contributed by atoms with Gasteiger partial charge in [-0.05, 0) is 26.3 Å². The molecule has 122 valence electrons. The number of halogens is 3. The van der Waals surface area contributed by atoms with Crippen LogP contribution in [0.5, 0.6) is 0 Å². The van der Waals surface area contributed by atoms with E-state index in [9.17, 15) is 13.2 Å². The fourth-order valence-corrected chi connectivity index (χ4v) is 2.99. The number of hydrogen-bond acceptors (Lipinski definition) is 4. The van der Waals surface area contributed by atoms with Crippen LogP contribution in [0.15, 0.2) is 11.6 Å². The number of likely N-dealkylation sites (tertiary alicyclic amines) is 1. The van der Waals surface area contributed by atoms with Crippen molar-refractivity contribution in [3.05, 3.63) is 11.6 Å². The van der Waals surface area contributed by atoms with Gasteiger partial charge in [0.05, 0.1) is 0 Å². The Bertz CT molecular complexity index is 374. The second-order valence-corrected chi connectivity index (χ2v) is 5.66. The van der Waals surface area contributed by atoms with E-state index >= 15 is 0 Å². The van der Waals surface area contributed by atoms with Crippen LogP contribution in [0, 0.1) is 0 Å². The van der Waals surface area contributed by atoms with Crippen molar-refractivity contribution in [2.24, 2.45) is 0 Å². The molecule has 0 spiro atoms. The molecule has 2 aliphatic rings. The number of ether oxygens (including phenoxy) is 2. The van der Waals surface area contributed by atoms with Crippen LogP contribution in [0.4, 0.5) is 13.2 Å². The van der Waals surface area contributed by atoms with E-state index in [1.165, 1.54) is 12.7 Å². The first-order chi connectivity index (χ1) is 9.90. The molecule has 21 heavy (non-hydrogen) atoms. The molecule has 2 aliphatic heterocycles. The van der Waals surface area contributed by atoms with Crippen LogP contribution in [0.2, 0.25) is 0 Å². The fraction of sp³-hybridized carbons (Fsp3) is 0.857. The quantitative estimate of drug-likeness (QED) is 0.574. The lowest BCUT2D eigenvalue weighted by molar-refractivity contribution is -0.265. The lowest BCUT2D eigenvalue weighted by Crippen LogP contribution is -2.45. The van der Waals surface area contributed by atoms with Crippen molar-refractivity contribution in [1.29, 1.82) is 0 Å². The smallest absolute Gasteiger partial charge is 0.343 e. The normalized spacial score (nSPS) is 26.9. The van der Waals surface area contributed by atoms with Gasteiger partial charge in [-0.15, -0.1) is 0 Å². The minimum atomic E-state index is -4.33. The van der Waals surface area contributed by atoms with E-state index in [0.29, 0.717) is 6.54 Å². The van der Waals surface area contributed by atoms with Gasteiger partial charge in [-0.25, -0.2) is 4.90 Å². The molecule has 0 aromatic rings. The Balaban J connectivity index is 1.99. The van der Waals surface area contributed by atoms with E-state index in [-0.39, 0.29) is 6.04 Å². The van der Waals surface area contributed by atoms with Crippen LogP contribution >= 0.6 is 0 Å². The summed E-state index contributed by atoms with van der Waals surface area (Å²) in [6.45, 7) is 1.29. The molecule has 7 heteroatoms. The first-order valence-corrected chi connectivity index (χ1v) is 7.25. The van der Waals surface area contributed by atoms with Crippen LogP contribution in [-0.2, 0) is 9.47 Å². The van der Waals surface area contributed by atoms with Gasteiger partial charge in [0, 0.05) is 32.8 Å². The molecular formula is C14H23F3N2O2. The molecule has 1 unspecified atom stereocenters. The topological polar surface area (TPSA) is 24.9 Å². The largest absolute Gasteiger partial charge is 0.411 e.